The van der Waals surface area contributed by atoms with Crippen LogP contribution in [0.15, 0.2) is 121 Å². The molecule has 0 aliphatic heterocycles. The van der Waals surface area contributed by atoms with Gasteiger partial charge in [0, 0.05) is 11.3 Å². The molecule has 1 fully saturated rings. The molecule has 4 aromatic rings. The molecule has 3 aliphatic carbocycles. The molecule has 1 saturated carbocycles. The lowest BCUT2D eigenvalue weighted by Crippen LogP contribution is -2.37. The van der Waals surface area contributed by atoms with E-state index in [0.717, 1.165) is 6.42 Å². The maximum Gasteiger partial charge on any atom is 0.0196 e. The summed E-state index contributed by atoms with van der Waals surface area (Å²) in [6.07, 6.45) is 12.0. The van der Waals surface area contributed by atoms with Gasteiger partial charge in [0.15, 0.2) is 0 Å². The summed E-state index contributed by atoms with van der Waals surface area (Å²) in [5.74, 6) is 0.421. The Bertz CT molecular complexity index is 1340. The molecule has 0 aromatic heterocycles. The predicted molar refractivity (Wildman–Crippen MR) is 143 cm³/mol. The molecule has 0 atom stereocenters. The highest BCUT2D eigenvalue weighted by Crippen LogP contribution is 2.64. The van der Waals surface area contributed by atoms with Crippen molar-refractivity contribution in [3.8, 4) is 33.4 Å². The zero-order chi connectivity index (χ0) is 22.5. The van der Waals surface area contributed by atoms with Gasteiger partial charge in [-0.25, -0.2) is 0 Å². The molecule has 0 bridgehead atoms. The Morgan fingerprint density at radius 3 is 1.59 bits per heavy atom. The topological polar surface area (TPSA) is 0 Å². The van der Waals surface area contributed by atoms with Crippen LogP contribution in [0.3, 0.4) is 0 Å². The zero-order valence-electron chi connectivity index (χ0n) is 19.4. The molecule has 0 N–H and O–H groups in total. The van der Waals surface area contributed by atoms with Crippen molar-refractivity contribution in [3.05, 3.63) is 132 Å². The fraction of sp³-hybridized carbons (Fsp3) is 0.176. The third-order valence-corrected chi connectivity index (χ3v) is 8.44. The standard InChI is InChI=1S/C34H28/c1-3-10-24(11-4-1)26-16-18-29-30-19-17-27(25-12-5-2-6-13-25)23-32(30)33(31(29)22-26)34(20-9-21-34)28-14-7-8-15-28/h1-8,10-14,16-19,22-23,33H,9,15,20-21H2. The van der Waals surface area contributed by atoms with Crippen LogP contribution in [0.1, 0.15) is 42.7 Å². The second-order valence-electron chi connectivity index (χ2n) is 10.1. The van der Waals surface area contributed by atoms with Gasteiger partial charge >= 0.3 is 0 Å². The minimum Gasteiger partial charge on any atom is -0.0804 e. The van der Waals surface area contributed by atoms with Gasteiger partial charge in [0.25, 0.3) is 0 Å². The molecular weight excluding hydrogens is 408 g/mol. The summed E-state index contributed by atoms with van der Waals surface area (Å²) in [4.78, 5) is 0. The third-order valence-electron chi connectivity index (χ3n) is 8.44. The molecular formula is C34H28. The van der Waals surface area contributed by atoms with Gasteiger partial charge in [-0.3, -0.25) is 0 Å². The Kier molecular flexibility index (Phi) is 4.49. The normalized spacial score (nSPS) is 17.7. The quantitative estimate of drug-likeness (QED) is 0.299. The molecule has 0 saturated heterocycles. The SMILES string of the molecule is C1=CCC(C2(C3c4cc(-c5ccccc5)ccc4-c4ccc(-c5ccccc5)cc43)CCC2)=C1. The molecule has 0 heteroatoms. The molecule has 0 nitrogen and oxygen atoms in total. The predicted octanol–water partition coefficient (Wildman–Crippen LogP) is 9.19. The van der Waals surface area contributed by atoms with E-state index in [2.05, 4.69) is 115 Å². The van der Waals surface area contributed by atoms with Gasteiger partial charge in [0.2, 0.25) is 0 Å². The first-order chi connectivity index (χ1) is 16.8. The summed E-state index contributed by atoms with van der Waals surface area (Å²) in [5, 5.41) is 0. The Balaban J connectivity index is 1.44. The summed E-state index contributed by atoms with van der Waals surface area (Å²) < 4.78 is 0. The summed E-state index contributed by atoms with van der Waals surface area (Å²) in [5.41, 5.74) is 13.0. The smallest absolute Gasteiger partial charge is 0.0196 e. The molecule has 3 aliphatic rings. The van der Waals surface area contributed by atoms with Crippen molar-refractivity contribution < 1.29 is 0 Å². The molecule has 0 heterocycles. The van der Waals surface area contributed by atoms with Gasteiger partial charge < -0.3 is 0 Å². The average Bonchev–Trinajstić information content (AvgIpc) is 3.52. The number of fused-ring (bicyclic) bond motifs is 3. The van der Waals surface area contributed by atoms with Crippen molar-refractivity contribution in [2.45, 2.75) is 31.6 Å². The minimum atomic E-state index is 0.244. The van der Waals surface area contributed by atoms with E-state index in [0.29, 0.717) is 5.92 Å². The summed E-state index contributed by atoms with van der Waals surface area (Å²) >= 11 is 0. The number of hydrogen-bond donors (Lipinski definition) is 0. The summed E-state index contributed by atoms with van der Waals surface area (Å²) in [6.45, 7) is 0. The van der Waals surface area contributed by atoms with Gasteiger partial charge in [-0.1, -0.05) is 115 Å². The van der Waals surface area contributed by atoms with Crippen molar-refractivity contribution in [2.75, 3.05) is 0 Å². The summed E-state index contributed by atoms with van der Waals surface area (Å²) in [6, 6.07) is 36.1. The van der Waals surface area contributed by atoms with Crippen molar-refractivity contribution in [1.82, 2.24) is 0 Å². The molecule has 34 heavy (non-hydrogen) atoms. The van der Waals surface area contributed by atoms with Gasteiger partial charge in [0.1, 0.15) is 0 Å². The third kappa shape index (κ3) is 2.91. The van der Waals surface area contributed by atoms with Crippen LogP contribution in [0.2, 0.25) is 0 Å². The van der Waals surface area contributed by atoms with Gasteiger partial charge in [0.05, 0.1) is 0 Å². The number of hydrogen-bond acceptors (Lipinski definition) is 0. The number of allylic oxidation sites excluding steroid dienone is 4. The fourth-order valence-corrected chi connectivity index (χ4v) is 6.65. The van der Waals surface area contributed by atoms with E-state index in [9.17, 15) is 0 Å². The van der Waals surface area contributed by atoms with Crippen LogP contribution in [0.5, 0.6) is 0 Å². The second-order valence-corrected chi connectivity index (χ2v) is 10.1. The van der Waals surface area contributed by atoms with Gasteiger partial charge in [-0.15, -0.1) is 0 Å². The van der Waals surface area contributed by atoms with E-state index in [1.165, 1.54) is 63.8 Å². The Morgan fingerprint density at radius 2 is 1.15 bits per heavy atom. The molecule has 4 aromatic carbocycles. The lowest BCUT2D eigenvalue weighted by molar-refractivity contribution is 0.158. The van der Waals surface area contributed by atoms with E-state index >= 15 is 0 Å². The second kappa shape index (κ2) is 7.71. The van der Waals surface area contributed by atoms with E-state index < -0.39 is 0 Å². The largest absolute Gasteiger partial charge is 0.0804 e. The van der Waals surface area contributed by atoms with Crippen molar-refractivity contribution in [1.29, 1.82) is 0 Å². The van der Waals surface area contributed by atoms with Gasteiger partial charge in [-0.2, -0.15) is 0 Å². The first kappa shape index (κ1) is 19.8. The Hall–Kier alpha value is -3.64. The fourth-order valence-electron chi connectivity index (χ4n) is 6.65. The molecule has 0 unspecified atom stereocenters. The van der Waals surface area contributed by atoms with Crippen LogP contribution in [-0.4, -0.2) is 0 Å². The van der Waals surface area contributed by atoms with E-state index in [1.807, 2.05) is 0 Å². The van der Waals surface area contributed by atoms with Crippen LogP contribution >= 0.6 is 0 Å². The maximum atomic E-state index is 2.50. The van der Waals surface area contributed by atoms with Crippen LogP contribution in [-0.2, 0) is 0 Å². The van der Waals surface area contributed by atoms with Crippen LogP contribution in [0.25, 0.3) is 33.4 Å². The highest BCUT2D eigenvalue weighted by Gasteiger charge is 2.51. The number of benzene rings is 4. The van der Waals surface area contributed by atoms with Crippen molar-refractivity contribution in [2.24, 2.45) is 5.41 Å². The monoisotopic (exact) mass is 436 g/mol. The highest BCUT2D eigenvalue weighted by atomic mass is 14.5. The minimum absolute atomic E-state index is 0.244. The molecule has 0 radical (unpaired) electrons. The first-order valence-corrected chi connectivity index (χ1v) is 12.6. The first-order valence-electron chi connectivity index (χ1n) is 12.6. The average molecular weight is 437 g/mol. The van der Waals surface area contributed by atoms with Crippen LogP contribution < -0.4 is 0 Å². The van der Waals surface area contributed by atoms with Crippen LogP contribution in [0.4, 0.5) is 0 Å². The van der Waals surface area contributed by atoms with Gasteiger partial charge in [-0.05, 0) is 75.9 Å². The van der Waals surface area contributed by atoms with E-state index in [1.54, 1.807) is 5.57 Å². The molecule has 7 rings (SSSR count). The molecule has 0 amide bonds. The number of rotatable bonds is 4. The molecule has 164 valence electrons. The zero-order valence-corrected chi connectivity index (χ0v) is 19.4. The summed E-state index contributed by atoms with van der Waals surface area (Å²) in [7, 11) is 0. The van der Waals surface area contributed by atoms with Crippen molar-refractivity contribution >= 4 is 0 Å². The van der Waals surface area contributed by atoms with E-state index in [-0.39, 0.29) is 5.41 Å². The lowest BCUT2D eigenvalue weighted by Gasteiger charge is -2.49. The van der Waals surface area contributed by atoms with Crippen molar-refractivity contribution in [3.63, 3.8) is 0 Å². The highest BCUT2D eigenvalue weighted by molar-refractivity contribution is 5.85. The van der Waals surface area contributed by atoms with E-state index in [4.69, 9.17) is 0 Å². The Labute approximate surface area is 202 Å². The maximum absolute atomic E-state index is 2.50. The Morgan fingerprint density at radius 1 is 0.588 bits per heavy atom. The lowest BCUT2D eigenvalue weighted by atomic mass is 9.54. The molecule has 0 spiro atoms. The van der Waals surface area contributed by atoms with Crippen LogP contribution in [0, 0.1) is 5.41 Å².